The SMILES string of the molecule is CC(C)c1cccc(C(C)C)c1[N-]C(C)(C)c1ccccn1.[CH2-]OC(Cc1ccccc1)c1ccccc1.[CH2-]c1ccccc1.[CH2-]c1ccccc1.[Zr+4]. The number of aromatic nitrogens is 1. The molecule has 0 aliphatic carbocycles. The number of hydrogen-bond donors (Lipinski definition) is 0. The Balaban J connectivity index is 0.000000271. The molecule has 272 valence electrons. The van der Waals surface area contributed by atoms with Gasteiger partial charge in [-0.3, -0.25) is 4.98 Å². The summed E-state index contributed by atoms with van der Waals surface area (Å²) in [5, 5.41) is 5.14. The fourth-order valence-corrected chi connectivity index (χ4v) is 5.43. The molecule has 0 saturated heterocycles. The number of rotatable bonds is 9. The Labute approximate surface area is 340 Å². The fraction of sp³-hybridized carbons (Fsp3) is 0.224. The maximum Gasteiger partial charge on any atom is 4.00 e. The molecule has 3 nitrogen and oxygen atoms in total. The van der Waals surface area contributed by atoms with Gasteiger partial charge in [-0.1, -0.05) is 155 Å². The summed E-state index contributed by atoms with van der Waals surface area (Å²) in [7, 11) is 3.56. The predicted molar refractivity (Wildman–Crippen MR) is 222 cm³/mol. The first kappa shape index (κ1) is 44.8. The summed E-state index contributed by atoms with van der Waals surface area (Å²) < 4.78 is 5.29. The van der Waals surface area contributed by atoms with Crippen LogP contribution in [0.2, 0.25) is 0 Å². The summed E-state index contributed by atoms with van der Waals surface area (Å²) in [4.78, 5) is 4.50. The molecule has 0 aliphatic rings. The van der Waals surface area contributed by atoms with E-state index in [9.17, 15) is 0 Å². The Bertz CT molecular complexity index is 1730. The summed E-state index contributed by atoms with van der Waals surface area (Å²) in [6.07, 6.45) is 2.72. The molecule has 5 aromatic carbocycles. The van der Waals surface area contributed by atoms with Gasteiger partial charge in [0.25, 0.3) is 0 Å². The molecule has 6 rings (SSSR count). The molecule has 1 unspecified atom stereocenters. The Kier molecular flexibility index (Phi) is 20.3. The molecule has 6 aromatic rings. The van der Waals surface area contributed by atoms with Crippen molar-refractivity contribution in [2.45, 2.75) is 71.4 Å². The van der Waals surface area contributed by atoms with Crippen molar-refractivity contribution >= 4 is 5.69 Å². The summed E-state index contributed by atoms with van der Waals surface area (Å²) >= 11 is 0. The predicted octanol–water partition coefficient (Wildman–Crippen LogP) is 13.8. The van der Waals surface area contributed by atoms with Crippen LogP contribution < -0.4 is 0 Å². The van der Waals surface area contributed by atoms with Crippen molar-refractivity contribution in [2.24, 2.45) is 0 Å². The summed E-state index contributed by atoms with van der Waals surface area (Å²) in [6, 6.07) is 52.8. The standard InChI is InChI=1S/C20H27N2.C15H15O.2C7H7.Zr/c1-14(2)16-10-9-11-17(15(3)4)19(16)22-20(5,6)18-12-7-8-13-21-18;1-16-15(14-10-6-3-7-11-14)12-13-8-4-2-5-9-13;2*1-7-5-3-2-4-6-7;/h7-15H,1-6H3;2-11,15H,1,12H2;2*2-6H,1H2;/q4*-1;+4. The van der Waals surface area contributed by atoms with Crippen LogP contribution >= 0.6 is 0 Å². The Hall–Kier alpha value is -4.37. The molecule has 53 heavy (non-hydrogen) atoms. The van der Waals surface area contributed by atoms with E-state index in [1.165, 1.54) is 22.3 Å². The van der Waals surface area contributed by atoms with Gasteiger partial charge in [0.1, 0.15) is 0 Å². The molecule has 0 bridgehead atoms. The van der Waals surface area contributed by atoms with Crippen LogP contribution in [0.1, 0.15) is 98.6 Å². The average molecular weight is 780 g/mol. The van der Waals surface area contributed by atoms with Crippen molar-refractivity contribution in [3.8, 4) is 0 Å². The number of hydrogen-bond acceptors (Lipinski definition) is 2. The second-order valence-corrected chi connectivity index (χ2v) is 13.7. The first-order valence-corrected chi connectivity index (χ1v) is 18.0. The van der Waals surface area contributed by atoms with Crippen LogP contribution in [0.25, 0.3) is 5.32 Å². The molecule has 0 fully saturated rings. The average Bonchev–Trinajstić information content (AvgIpc) is 3.16. The Morgan fingerprint density at radius 2 is 1.02 bits per heavy atom. The third-order valence-electron chi connectivity index (χ3n) is 8.35. The monoisotopic (exact) mass is 778 g/mol. The third-order valence-corrected chi connectivity index (χ3v) is 8.35. The van der Waals surface area contributed by atoms with E-state index in [1.807, 2.05) is 115 Å². The van der Waals surface area contributed by atoms with Gasteiger partial charge in [0.05, 0.1) is 6.10 Å². The smallest absolute Gasteiger partial charge is 0.674 e. The van der Waals surface area contributed by atoms with Crippen molar-refractivity contribution in [3.05, 3.63) is 229 Å². The van der Waals surface area contributed by atoms with Crippen molar-refractivity contribution in [2.75, 3.05) is 0 Å². The molecule has 0 saturated carbocycles. The quantitative estimate of drug-likeness (QED) is 0.137. The van der Waals surface area contributed by atoms with Crippen LogP contribution in [0, 0.1) is 21.0 Å². The van der Waals surface area contributed by atoms with Gasteiger partial charge in [-0.15, -0.1) is 30.0 Å². The van der Waals surface area contributed by atoms with Gasteiger partial charge in [0.2, 0.25) is 0 Å². The van der Waals surface area contributed by atoms with E-state index in [1.54, 1.807) is 0 Å². The zero-order valence-corrected chi connectivity index (χ0v) is 34.9. The van der Waals surface area contributed by atoms with E-state index in [-0.39, 0.29) is 37.8 Å². The zero-order chi connectivity index (χ0) is 37.8. The molecule has 1 atom stereocenters. The number of pyridine rings is 1. The normalized spacial score (nSPS) is 11.0. The van der Waals surface area contributed by atoms with Gasteiger partial charge >= 0.3 is 26.2 Å². The molecular formula is C49H56N2OZr. The van der Waals surface area contributed by atoms with E-state index in [0.29, 0.717) is 11.8 Å². The second kappa shape index (κ2) is 24.0. The van der Waals surface area contributed by atoms with E-state index >= 15 is 0 Å². The van der Waals surface area contributed by atoms with E-state index in [4.69, 9.17) is 10.1 Å². The summed E-state index contributed by atoms with van der Waals surface area (Å²) in [5.41, 5.74) is 9.01. The summed E-state index contributed by atoms with van der Waals surface area (Å²) in [5.74, 6) is 0.911. The van der Waals surface area contributed by atoms with Gasteiger partial charge in [0, 0.05) is 11.9 Å². The molecule has 0 amide bonds. The van der Waals surface area contributed by atoms with Gasteiger partial charge in [-0.2, -0.15) is 49.2 Å². The maximum atomic E-state index is 5.29. The van der Waals surface area contributed by atoms with Crippen molar-refractivity contribution in [1.82, 2.24) is 4.98 Å². The molecule has 1 heterocycles. The van der Waals surface area contributed by atoms with Crippen LogP contribution in [0.15, 0.2) is 164 Å². The fourth-order valence-electron chi connectivity index (χ4n) is 5.43. The van der Waals surface area contributed by atoms with Crippen LogP contribution in [-0.4, -0.2) is 4.98 Å². The summed E-state index contributed by atoms with van der Waals surface area (Å²) in [6.45, 7) is 20.6. The first-order chi connectivity index (χ1) is 25.0. The molecule has 4 heteroatoms. The zero-order valence-electron chi connectivity index (χ0n) is 32.5. The van der Waals surface area contributed by atoms with Crippen LogP contribution in [0.5, 0.6) is 0 Å². The van der Waals surface area contributed by atoms with Gasteiger partial charge in [0.15, 0.2) is 0 Å². The van der Waals surface area contributed by atoms with E-state index < -0.39 is 0 Å². The van der Waals surface area contributed by atoms with Crippen molar-refractivity contribution < 1.29 is 30.9 Å². The van der Waals surface area contributed by atoms with Crippen LogP contribution in [0.3, 0.4) is 0 Å². The second-order valence-electron chi connectivity index (χ2n) is 13.7. The van der Waals surface area contributed by atoms with Gasteiger partial charge in [-0.05, 0) is 41.5 Å². The molecule has 0 spiro atoms. The number of benzene rings is 5. The number of nitrogens with zero attached hydrogens (tertiary/aromatic N) is 2. The van der Waals surface area contributed by atoms with Crippen LogP contribution in [0.4, 0.5) is 5.69 Å². The number of ether oxygens (including phenoxy) is 1. The number of para-hydroxylation sites is 1. The molecule has 0 aliphatic heterocycles. The minimum absolute atomic E-state index is 0. The van der Waals surface area contributed by atoms with E-state index in [0.717, 1.165) is 28.9 Å². The maximum absolute atomic E-state index is 5.29. The van der Waals surface area contributed by atoms with Crippen molar-refractivity contribution in [3.63, 3.8) is 0 Å². The molecule has 0 radical (unpaired) electrons. The van der Waals surface area contributed by atoms with Gasteiger partial charge < -0.3 is 10.1 Å². The molecule has 0 N–H and O–H groups in total. The largest absolute Gasteiger partial charge is 4.00 e. The minimum Gasteiger partial charge on any atom is -0.674 e. The molecular weight excluding hydrogens is 724 g/mol. The van der Waals surface area contributed by atoms with E-state index in [2.05, 4.69) is 116 Å². The van der Waals surface area contributed by atoms with Crippen LogP contribution in [-0.2, 0) is 42.9 Å². The Morgan fingerprint density at radius 3 is 1.40 bits per heavy atom. The van der Waals surface area contributed by atoms with Gasteiger partial charge in [-0.25, -0.2) is 7.11 Å². The Morgan fingerprint density at radius 1 is 0.585 bits per heavy atom. The topological polar surface area (TPSA) is 36.2 Å². The third kappa shape index (κ3) is 16.0. The van der Waals surface area contributed by atoms with Crippen molar-refractivity contribution in [1.29, 1.82) is 0 Å². The first-order valence-electron chi connectivity index (χ1n) is 18.0. The molecule has 1 aromatic heterocycles. The minimum atomic E-state index is -0.337.